The van der Waals surface area contributed by atoms with Crippen molar-refractivity contribution in [3.8, 4) is 5.75 Å². The van der Waals surface area contributed by atoms with E-state index in [0.717, 1.165) is 25.7 Å². The minimum atomic E-state index is -2.61. The van der Waals surface area contributed by atoms with Gasteiger partial charge < -0.3 is 10.1 Å². The molecule has 0 saturated heterocycles. The quantitative estimate of drug-likeness (QED) is 0.412. The van der Waals surface area contributed by atoms with Crippen LogP contribution in [0.25, 0.3) is 0 Å². The fourth-order valence-corrected chi connectivity index (χ4v) is 3.62. The molecule has 0 aliphatic rings. The van der Waals surface area contributed by atoms with E-state index in [1.165, 1.54) is 6.42 Å². The summed E-state index contributed by atoms with van der Waals surface area (Å²) in [4.78, 5) is 14.6. The molecule has 1 unspecified atom stereocenters. The largest absolute Gasteiger partial charge is 0.492 e. The molecule has 0 aromatic heterocycles. The summed E-state index contributed by atoms with van der Waals surface area (Å²) in [6.45, 7) is 6.34. The fraction of sp³-hybridized carbons (Fsp3) is 0.600. The summed E-state index contributed by atoms with van der Waals surface area (Å²) in [5.41, 5.74) is 0.825. The molecule has 9 heteroatoms. The predicted octanol–water partition coefficient (Wildman–Crippen LogP) is 4.01. The first-order valence-corrected chi connectivity index (χ1v) is 11.4. The van der Waals surface area contributed by atoms with E-state index in [0.29, 0.717) is 23.0 Å². The van der Waals surface area contributed by atoms with Crippen LogP contribution in [-0.4, -0.2) is 44.0 Å². The number of rotatable bonds is 11. The van der Waals surface area contributed by atoms with Gasteiger partial charge in [0.25, 0.3) is 0 Å². The zero-order valence-electron chi connectivity index (χ0n) is 17.6. The lowest BCUT2D eigenvalue weighted by Crippen LogP contribution is -2.48. The summed E-state index contributed by atoms with van der Waals surface area (Å²) in [5.74, 6) is 0.213. The molecule has 1 amide bonds. The number of hydrogen-bond donors (Lipinski definition) is 1. The van der Waals surface area contributed by atoms with Gasteiger partial charge in [-0.05, 0) is 50.2 Å². The van der Waals surface area contributed by atoms with Crippen LogP contribution in [0.5, 0.6) is 5.75 Å². The molecule has 1 aromatic rings. The van der Waals surface area contributed by atoms with Crippen molar-refractivity contribution in [1.29, 1.82) is 0 Å². The topological polar surface area (TPSA) is 88.1 Å². The van der Waals surface area contributed by atoms with Gasteiger partial charge in [0.05, 0.1) is 13.0 Å². The zero-order chi connectivity index (χ0) is 21.8. The van der Waals surface area contributed by atoms with Crippen LogP contribution in [0.3, 0.4) is 0 Å². The smallest absolute Gasteiger partial charge is 0.316 e. The van der Waals surface area contributed by atoms with E-state index in [1.807, 2.05) is 6.92 Å². The highest BCUT2D eigenvalue weighted by Gasteiger charge is 2.24. The van der Waals surface area contributed by atoms with Gasteiger partial charge in [-0.15, -0.1) is 4.36 Å². The van der Waals surface area contributed by atoms with Crippen LogP contribution in [0.2, 0.25) is 0 Å². The van der Waals surface area contributed by atoms with Crippen molar-refractivity contribution in [2.75, 3.05) is 13.7 Å². The number of carbonyl (C=O) groups is 1. The van der Waals surface area contributed by atoms with Gasteiger partial charge in [-0.25, -0.2) is 0 Å². The Morgan fingerprint density at radius 2 is 2.00 bits per heavy atom. The Bertz CT molecular complexity index is 817. The van der Waals surface area contributed by atoms with Gasteiger partial charge >= 0.3 is 10.5 Å². The molecule has 29 heavy (non-hydrogen) atoms. The first-order valence-electron chi connectivity index (χ1n) is 9.94. The van der Waals surface area contributed by atoms with Crippen LogP contribution in [0.1, 0.15) is 58.4 Å². The summed E-state index contributed by atoms with van der Waals surface area (Å²) in [7, 11) is -0.915. The minimum absolute atomic E-state index is 0.0275. The number of thiocarbonyl (C=S) groups is 1. The monoisotopic (exact) mass is 441 g/mol. The van der Waals surface area contributed by atoms with Crippen molar-refractivity contribution in [3.63, 3.8) is 0 Å². The molecule has 162 valence electrons. The SMILES string of the molecule is CCCCCCC(C)N(C(=O)Cc1ccc(OCC)c(N=S(=O)=O)c1)C(=S)NC. The Morgan fingerprint density at radius 3 is 2.59 bits per heavy atom. The molecule has 0 heterocycles. The van der Waals surface area contributed by atoms with Crippen molar-refractivity contribution in [2.24, 2.45) is 4.36 Å². The van der Waals surface area contributed by atoms with Gasteiger partial charge in [-0.2, -0.15) is 8.42 Å². The maximum atomic E-state index is 13.0. The van der Waals surface area contributed by atoms with Crippen LogP contribution in [0.15, 0.2) is 22.6 Å². The molecule has 0 aliphatic carbocycles. The maximum absolute atomic E-state index is 13.0. The second-order valence-corrected chi connectivity index (χ2v) is 7.74. The molecular weight excluding hydrogens is 410 g/mol. The second-order valence-electron chi connectivity index (χ2n) is 6.74. The van der Waals surface area contributed by atoms with E-state index < -0.39 is 10.5 Å². The lowest BCUT2D eigenvalue weighted by molar-refractivity contribution is -0.128. The highest BCUT2D eigenvalue weighted by Crippen LogP contribution is 2.29. The van der Waals surface area contributed by atoms with Gasteiger partial charge in [0, 0.05) is 13.1 Å². The fourth-order valence-electron chi connectivity index (χ4n) is 3.04. The average molecular weight is 442 g/mol. The summed E-state index contributed by atoms with van der Waals surface area (Å²) in [6.07, 6.45) is 5.45. The Kier molecular flexibility index (Phi) is 11.5. The number of ether oxygens (including phenoxy) is 1. The molecule has 1 rings (SSSR count). The van der Waals surface area contributed by atoms with Crippen LogP contribution in [-0.2, 0) is 21.7 Å². The van der Waals surface area contributed by atoms with E-state index in [1.54, 1.807) is 37.1 Å². The summed E-state index contributed by atoms with van der Waals surface area (Å²) in [5, 5.41) is 3.28. The van der Waals surface area contributed by atoms with Crippen molar-refractivity contribution < 1.29 is 17.9 Å². The maximum Gasteiger partial charge on any atom is 0.316 e. The number of hydrogen-bond acceptors (Lipinski definition) is 6. The Labute approximate surface area is 180 Å². The standard InChI is InChI=1S/C20H31N3O4S2/c1-5-7-8-9-10-15(3)23(20(28)21-4)19(24)14-16-11-12-18(27-6-2)17(13-16)22-29(25)26/h11-13,15H,5-10,14H2,1-4H3,(H,21,28). The van der Waals surface area contributed by atoms with E-state index in [-0.39, 0.29) is 24.1 Å². The lowest BCUT2D eigenvalue weighted by Gasteiger charge is -2.29. The van der Waals surface area contributed by atoms with Crippen LogP contribution >= 0.6 is 12.2 Å². The molecule has 1 N–H and O–H groups in total. The van der Waals surface area contributed by atoms with Crippen LogP contribution in [0, 0.1) is 0 Å². The van der Waals surface area contributed by atoms with Gasteiger partial charge in [0.1, 0.15) is 11.4 Å². The van der Waals surface area contributed by atoms with Crippen LogP contribution in [0.4, 0.5) is 5.69 Å². The molecule has 0 fully saturated rings. The van der Waals surface area contributed by atoms with Crippen molar-refractivity contribution in [1.82, 2.24) is 10.2 Å². The minimum Gasteiger partial charge on any atom is -0.492 e. The number of carbonyl (C=O) groups excluding carboxylic acids is 1. The number of amides is 1. The molecule has 0 aliphatic heterocycles. The Morgan fingerprint density at radius 1 is 1.28 bits per heavy atom. The number of nitrogens with one attached hydrogen (secondary N) is 1. The molecule has 1 aromatic carbocycles. The van der Waals surface area contributed by atoms with Crippen molar-refractivity contribution in [2.45, 2.75) is 65.3 Å². The molecule has 0 saturated carbocycles. The van der Waals surface area contributed by atoms with Crippen molar-refractivity contribution >= 4 is 39.4 Å². The number of unbranched alkanes of at least 4 members (excludes halogenated alkanes) is 3. The van der Waals surface area contributed by atoms with Gasteiger partial charge in [0.15, 0.2) is 5.11 Å². The lowest BCUT2D eigenvalue weighted by atomic mass is 10.1. The first-order chi connectivity index (χ1) is 13.8. The van der Waals surface area contributed by atoms with E-state index in [4.69, 9.17) is 17.0 Å². The second kappa shape index (κ2) is 13.3. The van der Waals surface area contributed by atoms with Crippen LogP contribution < -0.4 is 10.1 Å². The van der Waals surface area contributed by atoms with E-state index in [9.17, 15) is 13.2 Å². The van der Waals surface area contributed by atoms with Gasteiger partial charge in [0.2, 0.25) is 5.91 Å². The molecular formula is C20H31N3O4S2. The molecule has 1 atom stereocenters. The van der Waals surface area contributed by atoms with E-state index >= 15 is 0 Å². The zero-order valence-corrected chi connectivity index (χ0v) is 19.2. The van der Waals surface area contributed by atoms with E-state index in [2.05, 4.69) is 16.6 Å². The summed E-state index contributed by atoms with van der Waals surface area (Å²) >= 11 is 5.36. The number of nitrogens with zero attached hydrogens (tertiary/aromatic N) is 2. The highest BCUT2D eigenvalue weighted by atomic mass is 32.2. The molecule has 0 spiro atoms. The molecule has 0 radical (unpaired) electrons. The summed E-state index contributed by atoms with van der Waals surface area (Å²) < 4.78 is 31.0. The average Bonchev–Trinajstić information content (AvgIpc) is 2.67. The third-order valence-corrected chi connectivity index (χ3v) is 5.22. The highest BCUT2D eigenvalue weighted by molar-refractivity contribution is 7.80. The number of benzene rings is 1. The normalized spacial score (nSPS) is 11.4. The third-order valence-electron chi connectivity index (χ3n) is 4.47. The van der Waals surface area contributed by atoms with Gasteiger partial charge in [-0.1, -0.05) is 38.7 Å². The Balaban J connectivity index is 3.01. The van der Waals surface area contributed by atoms with Crippen molar-refractivity contribution in [3.05, 3.63) is 23.8 Å². The predicted molar refractivity (Wildman–Crippen MR) is 119 cm³/mol. The summed E-state index contributed by atoms with van der Waals surface area (Å²) in [6, 6.07) is 4.90. The first kappa shape index (κ1) is 25.0. The third kappa shape index (κ3) is 8.49. The Hall–Kier alpha value is -2.00. The molecule has 7 nitrogen and oxygen atoms in total. The van der Waals surface area contributed by atoms with Gasteiger partial charge in [-0.3, -0.25) is 9.69 Å². The molecule has 0 bridgehead atoms.